The van der Waals surface area contributed by atoms with Crippen molar-refractivity contribution in [3.05, 3.63) is 0 Å². The number of piperidine rings is 1. The van der Waals surface area contributed by atoms with Crippen LogP contribution in [0.3, 0.4) is 0 Å². The molecule has 2 N–H and O–H groups in total. The molecule has 2 fully saturated rings. The molecule has 2 saturated heterocycles. The molecule has 5 heteroatoms. The van der Waals surface area contributed by atoms with E-state index >= 15 is 0 Å². The Balaban J connectivity index is 1.89. The highest BCUT2D eigenvalue weighted by molar-refractivity contribution is 5.78. The van der Waals surface area contributed by atoms with E-state index in [1.807, 2.05) is 4.90 Å². The maximum atomic E-state index is 12.4. The van der Waals surface area contributed by atoms with Crippen LogP contribution in [0.2, 0.25) is 0 Å². The average molecular weight is 268 g/mol. The van der Waals surface area contributed by atoms with Gasteiger partial charge in [0.2, 0.25) is 5.91 Å². The van der Waals surface area contributed by atoms with Gasteiger partial charge in [-0.15, -0.1) is 0 Å². The third kappa shape index (κ3) is 3.68. The van der Waals surface area contributed by atoms with Crippen molar-refractivity contribution in [1.82, 2.24) is 14.7 Å². The van der Waals surface area contributed by atoms with Gasteiger partial charge in [-0.05, 0) is 26.8 Å². The normalized spacial score (nSPS) is 30.6. The number of nitrogens with two attached hydrogens (primary N) is 1. The van der Waals surface area contributed by atoms with Crippen LogP contribution in [0.25, 0.3) is 0 Å². The fourth-order valence-electron chi connectivity index (χ4n) is 3.19. The third-order valence-corrected chi connectivity index (χ3v) is 4.64. The molecule has 2 heterocycles. The van der Waals surface area contributed by atoms with Crippen molar-refractivity contribution >= 4 is 5.91 Å². The number of hydrogen-bond acceptors (Lipinski definition) is 4. The number of likely N-dealkylation sites (tertiary alicyclic amines) is 1. The van der Waals surface area contributed by atoms with Crippen molar-refractivity contribution in [1.29, 1.82) is 0 Å². The van der Waals surface area contributed by atoms with Gasteiger partial charge in [0.05, 0.1) is 6.54 Å². The molecule has 0 aliphatic carbocycles. The lowest BCUT2D eigenvalue weighted by molar-refractivity contribution is -0.135. The SMILES string of the molecule is CC1CCCC(CN)N1CC(=O)N1CCN(C)CC1. The summed E-state index contributed by atoms with van der Waals surface area (Å²) in [5.41, 5.74) is 5.86. The van der Waals surface area contributed by atoms with E-state index in [0.29, 0.717) is 25.2 Å². The average Bonchev–Trinajstić information content (AvgIpc) is 2.41. The van der Waals surface area contributed by atoms with Crippen LogP contribution in [0.1, 0.15) is 26.2 Å². The first-order valence-electron chi connectivity index (χ1n) is 7.54. The summed E-state index contributed by atoms with van der Waals surface area (Å²) >= 11 is 0. The minimum absolute atomic E-state index is 0.278. The van der Waals surface area contributed by atoms with Crippen molar-refractivity contribution in [2.45, 2.75) is 38.3 Å². The monoisotopic (exact) mass is 268 g/mol. The van der Waals surface area contributed by atoms with Crippen LogP contribution in [0.5, 0.6) is 0 Å². The summed E-state index contributed by atoms with van der Waals surface area (Å²) in [6.07, 6.45) is 3.56. The number of carbonyl (C=O) groups excluding carboxylic acids is 1. The van der Waals surface area contributed by atoms with Crippen LogP contribution in [0, 0.1) is 0 Å². The number of nitrogens with zero attached hydrogens (tertiary/aromatic N) is 3. The van der Waals surface area contributed by atoms with Crippen LogP contribution < -0.4 is 5.73 Å². The van der Waals surface area contributed by atoms with Crippen molar-refractivity contribution in [3.8, 4) is 0 Å². The van der Waals surface area contributed by atoms with E-state index in [0.717, 1.165) is 32.6 Å². The Morgan fingerprint density at radius 3 is 2.53 bits per heavy atom. The molecule has 2 atom stereocenters. The van der Waals surface area contributed by atoms with Crippen molar-refractivity contribution in [2.75, 3.05) is 46.3 Å². The third-order valence-electron chi connectivity index (χ3n) is 4.64. The number of rotatable bonds is 3. The molecular weight excluding hydrogens is 240 g/mol. The first-order chi connectivity index (χ1) is 9.11. The van der Waals surface area contributed by atoms with Gasteiger partial charge in [-0.2, -0.15) is 0 Å². The Hall–Kier alpha value is -0.650. The minimum atomic E-state index is 0.278. The van der Waals surface area contributed by atoms with Gasteiger partial charge in [0, 0.05) is 44.8 Å². The summed E-state index contributed by atoms with van der Waals surface area (Å²) in [6, 6.07) is 0.874. The van der Waals surface area contributed by atoms with Crippen molar-refractivity contribution in [2.24, 2.45) is 5.73 Å². The van der Waals surface area contributed by atoms with Gasteiger partial charge in [-0.25, -0.2) is 0 Å². The molecule has 110 valence electrons. The van der Waals surface area contributed by atoms with E-state index in [1.54, 1.807) is 0 Å². The van der Waals surface area contributed by atoms with E-state index in [9.17, 15) is 4.79 Å². The zero-order valence-corrected chi connectivity index (χ0v) is 12.3. The van der Waals surface area contributed by atoms with Gasteiger partial charge in [-0.1, -0.05) is 6.42 Å². The predicted octanol–water partition coefficient (Wildman–Crippen LogP) is -0.0379. The lowest BCUT2D eigenvalue weighted by Gasteiger charge is -2.41. The molecule has 19 heavy (non-hydrogen) atoms. The maximum Gasteiger partial charge on any atom is 0.236 e. The van der Waals surface area contributed by atoms with Gasteiger partial charge in [0.1, 0.15) is 0 Å². The van der Waals surface area contributed by atoms with E-state index in [1.165, 1.54) is 12.8 Å². The van der Waals surface area contributed by atoms with Crippen LogP contribution >= 0.6 is 0 Å². The van der Waals surface area contributed by atoms with Crippen LogP contribution in [-0.2, 0) is 4.79 Å². The first kappa shape index (κ1) is 14.8. The molecule has 2 aliphatic rings. The summed E-state index contributed by atoms with van der Waals surface area (Å²) in [6.45, 7) is 7.14. The Morgan fingerprint density at radius 1 is 1.21 bits per heavy atom. The second-order valence-electron chi connectivity index (χ2n) is 6.03. The van der Waals surface area contributed by atoms with Crippen molar-refractivity contribution < 1.29 is 4.79 Å². The largest absolute Gasteiger partial charge is 0.339 e. The van der Waals surface area contributed by atoms with Gasteiger partial charge in [-0.3, -0.25) is 9.69 Å². The van der Waals surface area contributed by atoms with E-state index in [2.05, 4.69) is 23.8 Å². The topological polar surface area (TPSA) is 52.8 Å². The summed E-state index contributed by atoms with van der Waals surface area (Å²) in [5.74, 6) is 0.278. The van der Waals surface area contributed by atoms with Gasteiger partial charge >= 0.3 is 0 Å². The van der Waals surface area contributed by atoms with E-state index in [-0.39, 0.29) is 5.91 Å². The molecule has 1 amide bonds. The number of likely N-dealkylation sites (N-methyl/N-ethyl adjacent to an activating group) is 1. The number of piperazine rings is 1. The molecule has 0 aromatic heterocycles. The second kappa shape index (κ2) is 6.68. The summed E-state index contributed by atoms with van der Waals surface area (Å²) < 4.78 is 0. The van der Waals surface area contributed by atoms with Crippen LogP contribution in [0.4, 0.5) is 0 Å². The number of amides is 1. The zero-order chi connectivity index (χ0) is 13.8. The molecule has 0 bridgehead atoms. The van der Waals surface area contributed by atoms with Crippen LogP contribution in [0.15, 0.2) is 0 Å². The highest BCUT2D eigenvalue weighted by atomic mass is 16.2. The molecule has 0 spiro atoms. The lowest BCUT2D eigenvalue weighted by Crippen LogP contribution is -2.55. The molecular formula is C14H28N4O. The molecule has 0 aromatic rings. The van der Waals surface area contributed by atoms with Gasteiger partial charge in [0.25, 0.3) is 0 Å². The Labute approximate surface area is 116 Å². The fraction of sp³-hybridized carbons (Fsp3) is 0.929. The number of carbonyl (C=O) groups is 1. The minimum Gasteiger partial charge on any atom is -0.339 e. The highest BCUT2D eigenvalue weighted by Crippen LogP contribution is 2.22. The van der Waals surface area contributed by atoms with Gasteiger partial charge in [0.15, 0.2) is 0 Å². The summed E-state index contributed by atoms with van der Waals surface area (Å²) in [4.78, 5) is 19.0. The maximum absolute atomic E-state index is 12.4. The smallest absolute Gasteiger partial charge is 0.236 e. The molecule has 0 saturated carbocycles. The Kier molecular flexibility index (Phi) is 5.19. The Bertz CT molecular complexity index is 302. The standard InChI is InChI=1S/C14H28N4O/c1-12-4-3-5-13(10-15)18(12)11-14(19)17-8-6-16(2)7-9-17/h12-13H,3-11,15H2,1-2H3. The van der Waals surface area contributed by atoms with E-state index in [4.69, 9.17) is 5.73 Å². The fourth-order valence-corrected chi connectivity index (χ4v) is 3.19. The highest BCUT2D eigenvalue weighted by Gasteiger charge is 2.30. The second-order valence-corrected chi connectivity index (χ2v) is 6.03. The molecule has 2 aliphatic heterocycles. The summed E-state index contributed by atoms with van der Waals surface area (Å²) in [5, 5.41) is 0. The van der Waals surface area contributed by atoms with E-state index < -0.39 is 0 Å². The molecule has 2 unspecified atom stereocenters. The predicted molar refractivity (Wildman–Crippen MR) is 76.9 cm³/mol. The quantitative estimate of drug-likeness (QED) is 0.780. The molecule has 5 nitrogen and oxygen atoms in total. The summed E-state index contributed by atoms with van der Waals surface area (Å²) in [7, 11) is 2.11. The zero-order valence-electron chi connectivity index (χ0n) is 12.3. The van der Waals surface area contributed by atoms with Crippen LogP contribution in [-0.4, -0.2) is 79.0 Å². The first-order valence-corrected chi connectivity index (χ1v) is 7.54. The number of hydrogen-bond donors (Lipinski definition) is 1. The van der Waals surface area contributed by atoms with Gasteiger partial charge < -0.3 is 15.5 Å². The molecule has 2 rings (SSSR count). The molecule has 0 radical (unpaired) electrons. The lowest BCUT2D eigenvalue weighted by atomic mass is 9.96. The molecule has 0 aromatic carbocycles. The Morgan fingerprint density at radius 2 is 1.89 bits per heavy atom. The van der Waals surface area contributed by atoms with Crippen molar-refractivity contribution in [3.63, 3.8) is 0 Å².